The van der Waals surface area contributed by atoms with Gasteiger partial charge in [0, 0.05) is 12.6 Å². The zero-order valence-corrected chi connectivity index (χ0v) is 14.5. The highest BCUT2D eigenvalue weighted by molar-refractivity contribution is 5.95. The predicted molar refractivity (Wildman–Crippen MR) is 88.3 cm³/mol. The molecule has 1 fully saturated rings. The number of ether oxygens (including phenoxy) is 2. The Morgan fingerprint density at radius 1 is 1.38 bits per heavy atom. The van der Waals surface area contributed by atoms with Crippen LogP contribution in [-0.4, -0.2) is 74.3 Å². The molecule has 138 valence electrons. The highest BCUT2D eigenvalue weighted by Gasteiger charge is 2.31. The average Bonchev–Trinajstić information content (AvgIpc) is 3.03. The molecule has 0 unspecified atom stereocenters. The molecule has 1 aliphatic heterocycles. The third-order valence-electron chi connectivity index (χ3n) is 4.00. The summed E-state index contributed by atoms with van der Waals surface area (Å²) >= 11 is 0. The van der Waals surface area contributed by atoms with E-state index in [1.54, 1.807) is 19.1 Å². The van der Waals surface area contributed by atoms with Crippen molar-refractivity contribution >= 4 is 11.9 Å². The molecule has 0 radical (unpaired) electrons. The van der Waals surface area contributed by atoms with E-state index in [1.165, 1.54) is 15.8 Å². The van der Waals surface area contributed by atoms with E-state index < -0.39 is 12.1 Å². The van der Waals surface area contributed by atoms with Crippen LogP contribution in [0.25, 0.3) is 5.82 Å². The third kappa shape index (κ3) is 3.49. The summed E-state index contributed by atoms with van der Waals surface area (Å²) in [6.07, 6.45) is 0.432. The Morgan fingerprint density at radius 3 is 2.85 bits per heavy atom. The lowest BCUT2D eigenvalue weighted by Gasteiger charge is -2.30. The predicted octanol–water partition coefficient (Wildman–Crippen LogP) is 0.295. The van der Waals surface area contributed by atoms with Gasteiger partial charge in [-0.05, 0) is 19.9 Å². The summed E-state index contributed by atoms with van der Waals surface area (Å²) in [5, 5.41) is 21.3. The zero-order valence-electron chi connectivity index (χ0n) is 14.5. The van der Waals surface area contributed by atoms with E-state index in [4.69, 9.17) is 14.6 Å². The average molecular weight is 361 g/mol. The lowest BCUT2D eigenvalue weighted by molar-refractivity contribution is -0.154. The molecule has 10 heteroatoms. The molecule has 3 heterocycles. The molecule has 1 atom stereocenters. The van der Waals surface area contributed by atoms with E-state index in [0.29, 0.717) is 36.1 Å². The van der Waals surface area contributed by atoms with E-state index in [9.17, 15) is 9.59 Å². The topological polar surface area (TPSA) is 120 Å². The summed E-state index contributed by atoms with van der Waals surface area (Å²) in [6.45, 7) is 4.60. The number of rotatable bonds is 5. The van der Waals surface area contributed by atoms with Crippen molar-refractivity contribution in [1.29, 1.82) is 0 Å². The smallest absolute Gasteiger partial charge is 0.334 e. The van der Waals surface area contributed by atoms with Crippen molar-refractivity contribution in [3.8, 4) is 11.7 Å². The number of carbonyl (C=O) groups is 2. The molecule has 2 aromatic rings. The van der Waals surface area contributed by atoms with Gasteiger partial charge in [-0.25, -0.2) is 9.48 Å². The summed E-state index contributed by atoms with van der Waals surface area (Å²) in [7, 11) is 0. The quantitative estimate of drug-likeness (QED) is 0.807. The molecule has 0 spiro atoms. The fourth-order valence-corrected chi connectivity index (χ4v) is 2.65. The minimum atomic E-state index is -1.08. The number of aliphatic carboxylic acids is 1. The lowest BCUT2D eigenvalue weighted by Crippen LogP contribution is -2.48. The van der Waals surface area contributed by atoms with Gasteiger partial charge < -0.3 is 19.5 Å². The maximum atomic E-state index is 12.7. The standard InChI is InChI=1S/C16H19N5O5/c1-3-25-14-5-4-13(18-19-14)21-10(2)11(8-17-21)15(22)20-6-7-26-12(9-20)16(23)24/h4-5,8,12H,3,6-7,9H2,1-2H3,(H,23,24)/t12-/m1/s1. The maximum Gasteiger partial charge on any atom is 0.334 e. The van der Waals surface area contributed by atoms with Gasteiger partial charge in [0.05, 0.1) is 37.2 Å². The second kappa shape index (κ2) is 7.48. The van der Waals surface area contributed by atoms with Crippen LogP contribution < -0.4 is 4.74 Å². The second-order valence-electron chi connectivity index (χ2n) is 5.67. The highest BCUT2D eigenvalue weighted by Crippen LogP contribution is 2.17. The van der Waals surface area contributed by atoms with Crippen LogP contribution in [0, 0.1) is 6.92 Å². The van der Waals surface area contributed by atoms with Gasteiger partial charge in [-0.3, -0.25) is 4.79 Å². The number of carboxylic acid groups (broad SMARTS) is 1. The van der Waals surface area contributed by atoms with Gasteiger partial charge in [0.2, 0.25) is 5.88 Å². The monoisotopic (exact) mass is 361 g/mol. The third-order valence-corrected chi connectivity index (χ3v) is 4.00. The van der Waals surface area contributed by atoms with Crippen LogP contribution in [-0.2, 0) is 9.53 Å². The molecule has 1 aliphatic rings. The zero-order chi connectivity index (χ0) is 18.7. The van der Waals surface area contributed by atoms with Crippen molar-refractivity contribution in [2.45, 2.75) is 20.0 Å². The summed E-state index contributed by atoms with van der Waals surface area (Å²) in [6, 6.07) is 3.37. The van der Waals surface area contributed by atoms with Crippen LogP contribution in [0.5, 0.6) is 5.88 Å². The van der Waals surface area contributed by atoms with Crippen LogP contribution in [0.2, 0.25) is 0 Å². The largest absolute Gasteiger partial charge is 0.479 e. The van der Waals surface area contributed by atoms with Crippen molar-refractivity contribution in [2.75, 3.05) is 26.3 Å². The molecule has 0 aliphatic carbocycles. The van der Waals surface area contributed by atoms with Crippen LogP contribution in [0.4, 0.5) is 0 Å². The number of morpholine rings is 1. The van der Waals surface area contributed by atoms with Gasteiger partial charge in [0.1, 0.15) is 0 Å². The first-order chi connectivity index (χ1) is 12.5. The van der Waals surface area contributed by atoms with Gasteiger partial charge in [0.25, 0.3) is 5.91 Å². The Bertz CT molecular complexity index is 804. The summed E-state index contributed by atoms with van der Waals surface area (Å²) in [4.78, 5) is 25.3. The minimum Gasteiger partial charge on any atom is -0.479 e. The molecule has 0 aromatic carbocycles. The number of carbonyl (C=O) groups excluding carboxylic acids is 1. The van der Waals surface area contributed by atoms with Crippen LogP contribution in [0.1, 0.15) is 23.0 Å². The molecule has 10 nitrogen and oxygen atoms in total. The normalized spacial score (nSPS) is 17.2. The Labute approximate surface area is 149 Å². The molecule has 1 amide bonds. The van der Waals surface area contributed by atoms with E-state index in [2.05, 4.69) is 15.3 Å². The molecular weight excluding hydrogens is 342 g/mol. The molecule has 1 saturated heterocycles. The van der Waals surface area contributed by atoms with Crippen molar-refractivity contribution in [3.63, 3.8) is 0 Å². The molecule has 2 aromatic heterocycles. The molecule has 0 saturated carbocycles. The van der Waals surface area contributed by atoms with Crippen LogP contribution in [0.3, 0.4) is 0 Å². The van der Waals surface area contributed by atoms with Gasteiger partial charge in [-0.1, -0.05) is 0 Å². The molecule has 3 rings (SSSR count). The van der Waals surface area contributed by atoms with Gasteiger partial charge in [0.15, 0.2) is 11.9 Å². The van der Waals surface area contributed by atoms with E-state index in [1.807, 2.05) is 6.92 Å². The van der Waals surface area contributed by atoms with Crippen LogP contribution >= 0.6 is 0 Å². The number of hydrogen-bond donors (Lipinski definition) is 1. The Hall–Kier alpha value is -3.01. The summed E-state index contributed by atoms with van der Waals surface area (Å²) < 4.78 is 11.9. The van der Waals surface area contributed by atoms with E-state index >= 15 is 0 Å². The van der Waals surface area contributed by atoms with Crippen molar-refractivity contribution in [3.05, 3.63) is 29.6 Å². The lowest BCUT2D eigenvalue weighted by atomic mass is 10.2. The van der Waals surface area contributed by atoms with E-state index in [-0.39, 0.29) is 19.1 Å². The second-order valence-corrected chi connectivity index (χ2v) is 5.67. The number of aromatic nitrogens is 4. The van der Waals surface area contributed by atoms with Crippen LogP contribution in [0.15, 0.2) is 18.3 Å². The highest BCUT2D eigenvalue weighted by atomic mass is 16.5. The van der Waals surface area contributed by atoms with Crippen molar-refractivity contribution in [2.24, 2.45) is 0 Å². The van der Waals surface area contributed by atoms with Crippen molar-refractivity contribution in [1.82, 2.24) is 24.9 Å². The Morgan fingerprint density at radius 2 is 2.19 bits per heavy atom. The Balaban J connectivity index is 1.79. The number of nitrogens with zero attached hydrogens (tertiary/aromatic N) is 5. The minimum absolute atomic E-state index is 0.00163. The van der Waals surface area contributed by atoms with Gasteiger partial charge in [-0.2, -0.15) is 5.10 Å². The maximum absolute atomic E-state index is 12.7. The van der Waals surface area contributed by atoms with Crippen molar-refractivity contribution < 1.29 is 24.2 Å². The van der Waals surface area contributed by atoms with Gasteiger partial charge in [-0.15, -0.1) is 10.2 Å². The van der Waals surface area contributed by atoms with Gasteiger partial charge >= 0.3 is 5.97 Å². The summed E-state index contributed by atoms with van der Waals surface area (Å²) in [5.74, 6) is -0.512. The number of hydrogen-bond acceptors (Lipinski definition) is 7. The van der Waals surface area contributed by atoms with E-state index in [0.717, 1.165) is 0 Å². The number of carboxylic acids is 1. The fraction of sp³-hybridized carbons (Fsp3) is 0.438. The molecular formula is C16H19N5O5. The Kier molecular flexibility index (Phi) is 5.12. The molecule has 26 heavy (non-hydrogen) atoms. The first-order valence-corrected chi connectivity index (χ1v) is 8.16. The molecule has 0 bridgehead atoms. The number of amides is 1. The molecule has 1 N–H and O–H groups in total. The fourth-order valence-electron chi connectivity index (χ4n) is 2.65. The first-order valence-electron chi connectivity index (χ1n) is 8.16. The SMILES string of the molecule is CCOc1ccc(-n2ncc(C(=O)N3CCO[C@@H](C(=O)O)C3)c2C)nn1. The first kappa shape index (κ1) is 17.8. The summed E-state index contributed by atoms with van der Waals surface area (Å²) in [5.41, 5.74) is 0.971.